The Morgan fingerprint density at radius 3 is 2.74 bits per heavy atom. The molecule has 2 aromatic carbocycles. The summed E-state index contributed by atoms with van der Waals surface area (Å²) >= 11 is 0. The molecule has 1 atom stereocenters. The van der Waals surface area contributed by atoms with E-state index in [-0.39, 0.29) is 12.6 Å². The number of aryl methyl sites for hydroxylation is 1. The first kappa shape index (κ1) is 16.8. The summed E-state index contributed by atoms with van der Waals surface area (Å²) in [6.45, 7) is 2.18. The molecule has 1 unspecified atom stereocenters. The molecule has 2 aromatic rings. The topological polar surface area (TPSA) is 70.6 Å². The summed E-state index contributed by atoms with van der Waals surface area (Å²) in [5.41, 5.74) is 2.58. The standard InChI is InChI=1S/C18H22N2O3/c1-3-13-6-4-8-15(10-13)20-18(22)19-12-17(21)14-7-5-9-16(11-14)23-2/h4-11,17,21H,3,12H2,1-2H3,(H2,19,20,22). The Morgan fingerprint density at radius 1 is 1.22 bits per heavy atom. The summed E-state index contributed by atoms with van der Waals surface area (Å²) in [7, 11) is 1.57. The lowest BCUT2D eigenvalue weighted by Crippen LogP contribution is -2.32. The first-order valence-corrected chi connectivity index (χ1v) is 7.58. The quantitative estimate of drug-likeness (QED) is 0.767. The minimum Gasteiger partial charge on any atom is -0.497 e. The van der Waals surface area contributed by atoms with Crippen molar-refractivity contribution in [3.8, 4) is 5.75 Å². The zero-order chi connectivity index (χ0) is 16.7. The average Bonchev–Trinajstić information content (AvgIpc) is 2.59. The number of urea groups is 1. The first-order chi connectivity index (χ1) is 11.1. The van der Waals surface area contributed by atoms with Crippen molar-refractivity contribution in [3.05, 3.63) is 59.7 Å². The van der Waals surface area contributed by atoms with Crippen LogP contribution in [0.2, 0.25) is 0 Å². The molecule has 5 nitrogen and oxygen atoms in total. The molecule has 5 heteroatoms. The number of hydrogen-bond acceptors (Lipinski definition) is 3. The molecule has 0 spiro atoms. The van der Waals surface area contributed by atoms with Gasteiger partial charge in [0.25, 0.3) is 0 Å². The third kappa shape index (κ3) is 5.00. The van der Waals surface area contributed by atoms with Gasteiger partial charge in [-0.1, -0.05) is 31.2 Å². The molecule has 0 saturated carbocycles. The molecular weight excluding hydrogens is 292 g/mol. The van der Waals surface area contributed by atoms with E-state index in [1.165, 1.54) is 0 Å². The Hall–Kier alpha value is -2.53. The summed E-state index contributed by atoms with van der Waals surface area (Å²) in [6.07, 6.45) is 0.115. The van der Waals surface area contributed by atoms with Gasteiger partial charge in [0.15, 0.2) is 0 Å². The highest BCUT2D eigenvalue weighted by molar-refractivity contribution is 5.89. The molecule has 0 radical (unpaired) electrons. The molecule has 23 heavy (non-hydrogen) atoms. The average molecular weight is 314 g/mol. The number of methoxy groups -OCH3 is 1. The Morgan fingerprint density at radius 2 is 2.00 bits per heavy atom. The summed E-state index contributed by atoms with van der Waals surface area (Å²) < 4.78 is 5.12. The van der Waals surface area contributed by atoms with Gasteiger partial charge in [-0.05, 0) is 41.8 Å². The third-order valence-electron chi connectivity index (χ3n) is 3.53. The summed E-state index contributed by atoms with van der Waals surface area (Å²) in [5, 5.41) is 15.6. The number of amides is 2. The minimum atomic E-state index is -0.794. The molecule has 0 aliphatic rings. The molecule has 0 aliphatic carbocycles. The molecule has 0 saturated heterocycles. The SMILES string of the molecule is CCc1cccc(NC(=O)NCC(O)c2cccc(OC)c2)c1. The molecule has 2 rings (SSSR count). The monoisotopic (exact) mass is 314 g/mol. The van der Waals surface area contributed by atoms with Crippen LogP contribution in [0.5, 0.6) is 5.75 Å². The highest BCUT2D eigenvalue weighted by Gasteiger charge is 2.10. The van der Waals surface area contributed by atoms with E-state index in [1.54, 1.807) is 31.4 Å². The number of carbonyl (C=O) groups is 1. The maximum absolute atomic E-state index is 11.9. The lowest BCUT2D eigenvalue weighted by Gasteiger charge is -2.14. The molecular formula is C18H22N2O3. The van der Waals surface area contributed by atoms with Crippen molar-refractivity contribution >= 4 is 11.7 Å². The predicted molar refractivity (Wildman–Crippen MR) is 90.8 cm³/mol. The van der Waals surface area contributed by atoms with Crippen molar-refractivity contribution in [1.29, 1.82) is 0 Å². The van der Waals surface area contributed by atoms with Gasteiger partial charge in [0.2, 0.25) is 0 Å². The van der Waals surface area contributed by atoms with Crippen LogP contribution in [0.1, 0.15) is 24.2 Å². The van der Waals surface area contributed by atoms with Gasteiger partial charge in [0.05, 0.1) is 13.2 Å². The molecule has 0 aliphatic heterocycles. The second-order valence-corrected chi connectivity index (χ2v) is 5.18. The van der Waals surface area contributed by atoms with Gasteiger partial charge < -0.3 is 20.5 Å². The number of ether oxygens (including phenoxy) is 1. The highest BCUT2D eigenvalue weighted by atomic mass is 16.5. The van der Waals surface area contributed by atoms with Gasteiger partial charge in [0, 0.05) is 12.2 Å². The largest absolute Gasteiger partial charge is 0.497 e. The zero-order valence-corrected chi connectivity index (χ0v) is 13.4. The van der Waals surface area contributed by atoms with Gasteiger partial charge in [-0.25, -0.2) is 4.79 Å². The number of hydrogen-bond donors (Lipinski definition) is 3. The number of benzene rings is 2. The van der Waals surface area contributed by atoms with Crippen LogP contribution in [0.4, 0.5) is 10.5 Å². The van der Waals surface area contributed by atoms with Gasteiger partial charge in [-0.15, -0.1) is 0 Å². The van der Waals surface area contributed by atoms with Gasteiger partial charge in [0.1, 0.15) is 5.75 Å². The lowest BCUT2D eigenvalue weighted by atomic mass is 10.1. The van der Waals surface area contributed by atoms with Crippen LogP contribution >= 0.6 is 0 Å². The van der Waals surface area contributed by atoms with Crippen molar-refractivity contribution in [1.82, 2.24) is 5.32 Å². The van der Waals surface area contributed by atoms with E-state index < -0.39 is 6.10 Å². The summed E-state index contributed by atoms with van der Waals surface area (Å²) in [6, 6.07) is 14.5. The Labute approximate surface area is 136 Å². The number of aliphatic hydroxyl groups is 1. The van der Waals surface area contributed by atoms with Gasteiger partial charge in [-0.2, -0.15) is 0 Å². The first-order valence-electron chi connectivity index (χ1n) is 7.58. The molecule has 2 amide bonds. The van der Waals surface area contributed by atoms with E-state index in [0.29, 0.717) is 11.3 Å². The minimum absolute atomic E-state index is 0.118. The van der Waals surface area contributed by atoms with Crippen LogP contribution in [0, 0.1) is 0 Å². The predicted octanol–water partition coefficient (Wildman–Crippen LogP) is 3.11. The second kappa shape index (κ2) is 8.19. The lowest BCUT2D eigenvalue weighted by molar-refractivity contribution is 0.175. The van der Waals surface area contributed by atoms with Crippen LogP contribution in [-0.2, 0) is 6.42 Å². The van der Waals surface area contributed by atoms with Crippen molar-refractivity contribution < 1.29 is 14.6 Å². The fourth-order valence-corrected chi connectivity index (χ4v) is 2.20. The van der Waals surface area contributed by atoms with Crippen LogP contribution in [0.15, 0.2) is 48.5 Å². The van der Waals surface area contributed by atoms with Crippen LogP contribution in [-0.4, -0.2) is 24.8 Å². The maximum atomic E-state index is 11.9. The maximum Gasteiger partial charge on any atom is 0.319 e. The van der Waals surface area contributed by atoms with E-state index >= 15 is 0 Å². The van der Waals surface area contributed by atoms with E-state index in [1.807, 2.05) is 24.3 Å². The zero-order valence-electron chi connectivity index (χ0n) is 13.4. The Balaban J connectivity index is 1.87. The molecule has 0 bridgehead atoms. The Kier molecular flexibility index (Phi) is 6.00. The molecule has 0 heterocycles. The third-order valence-corrected chi connectivity index (χ3v) is 3.53. The fourth-order valence-electron chi connectivity index (χ4n) is 2.20. The van der Waals surface area contributed by atoms with E-state index in [0.717, 1.165) is 17.7 Å². The summed E-state index contributed by atoms with van der Waals surface area (Å²) in [4.78, 5) is 11.9. The van der Waals surface area contributed by atoms with Crippen molar-refractivity contribution in [3.63, 3.8) is 0 Å². The van der Waals surface area contributed by atoms with Crippen molar-refractivity contribution in [2.75, 3.05) is 19.0 Å². The number of aliphatic hydroxyl groups excluding tert-OH is 1. The number of carbonyl (C=O) groups excluding carboxylic acids is 1. The number of rotatable bonds is 6. The fraction of sp³-hybridized carbons (Fsp3) is 0.278. The normalized spacial score (nSPS) is 11.6. The van der Waals surface area contributed by atoms with Crippen LogP contribution in [0.3, 0.4) is 0 Å². The van der Waals surface area contributed by atoms with Crippen molar-refractivity contribution in [2.24, 2.45) is 0 Å². The molecule has 3 N–H and O–H groups in total. The number of nitrogens with one attached hydrogen (secondary N) is 2. The second-order valence-electron chi connectivity index (χ2n) is 5.18. The summed E-state index contributed by atoms with van der Waals surface area (Å²) in [5.74, 6) is 0.669. The van der Waals surface area contributed by atoms with E-state index in [2.05, 4.69) is 17.6 Å². The number of anilines is 1. The van der Waals surface area contributed by atoms with Gasteiger partial charge in [-0.3, -0.25) is 0 Å². The van der Waals surface area contributed by atoms with Crippen molar-refractivity contribution in [2.45, 2.75) is 19.4 Å². The Bertz CT molecular complexity index is 658. The van der Waals surface area contributed by atoms with Crippen LogP contribution < -0.4 is 15.4 Å². The van der Waals surface area contributed by atoms with E-state index in [4.69, 9.17) is 4.74 Å². The highest BCUT2D eigenvalue weighted by Crippen LogP contribution is 2.18. The molecule has 0 aromatic heterocycles. The molecule has 122 valence electrons. The van der Waals surface area contributed by atoms with Crippen LogP contribution in [0.25, 0.3) is 0 Å². The van der Waals surface area contributed by atoms with Gasteiger partial charge >= 0.3 is 6.03 Å². The van der Waals surface area contributed by atoms with E-state index in [9.17, 15) is 9.90 Å². The molecule has 0 fully saturated rings. The smallest absolute Gasteiger partial charge is 0.319 e.